The molecule has 1 amide bonds. The fourth-order valence-corrected chi connectivity index (χ4v) is 2.90. The van der Waals surface area contributed by atoms with E-state index in [0.29, 0.717) is 18.1 Å². The summed E-state index contributed by atoms with van der Waals surface area (Å²) in [5.41, 5.74) is 7.32. The number of carbonyl (C=O) groups is 1. The van der Waals surface area contributed by atoms with Crippen molar-refractivity contribution in [2.24, 2.45) is 11.8 Å². The summed E-state index contributed by atoms with van der Waals surface area (Å²) in [5.74, 6) is 0.744. The number of hydrogen-bond acceptors (Lipinski definition) is 4. The molecule has 6 heteroatoms. The summed E-state index contributed by atoms with van der Waals surface area (Å²) in [6, 6.07) is 7.59. The van der Waals surface area contributed by atoms with E-state index < -0.39 is 0 Å². The van der Waals surface area contributed by atoms with Crippen LogP contribution in [0.25, 0.3) is 0 Å². The summed E-state index contributed by atoms with van der Waals surface area (Å²) in [6.07, 6.45) is 3.48. The fraction of sp³-hybridized carbons (Fsp3) is 0.588. The molecule has 1 saturated carbocycles. The third kappa shape index (κ3) is 4.91. The fourth-order valence-electron chi connectivity index (χ4n) is 2.78. The van der Waals surface area contributed by atoms with Gasteiger partial charge in [-0.25, -0.2) is 5.43 Å². The van der Waals surface area contributed by atoms with Crippen LogP contribution in [-0.2, 0) is 9.53 Å². The average molecular weight is 338 g/mol. The van der Waals surface area contributed by atoms with Gasteiger partial charge in [0.2, 0.25) is 5.91 Å². The van der Waals surface area contributed by atoms with E-state index in [-0.39, 0.29) is 17.9 Å². The Labute approximate surface area is 142 Å². The van der Waals surface area contributed by atoms with Gasteiger partial charge in [0.25, 0.3) is 0 Å². The van der Waals surface area contributed by atoms with Crippen molar-refractivity contribution in [1.29, 1.82) is 0 Å². The van der Waals surface area contributed by atoms with Crippen molar-refractivity contribution in [3.05, 3.63) is 34.9 Å². The molecule has 0 bridgehead atoms. The van der Waals surface area contributed by atoms with E-state index in [4.69, 9.17) is 16.3 Å². The van der Waals surface area contributed by atoms with Crippen LogP contribution in [0, 0.1) is 11.8 Å². The molecule has 3 rings (SSSR count). The monoisotopic (exact) mass is 337 g/mol. The maximum absolute atomic E-state index is 12.4. The predicted molar refractivity (Wildman–Crippen MR) is 90.0 cm³/mol. The second-order valence-corrected chi connectivity index (χ2v) is 6.76. The zero-order valence-corrected chi connectivity index (χ0v) is 13.9. The molecule has 2 unspecified atom stereocenters. The second-order valence-electron chi connectivity index (χ2n) is 6.32. The Hall–Kier alpha value is -1.14. The van der Waals surface area contributed by atoms with Gasteiger partial charge in [-0.3, -0.25) is 10.2 Å². The Balaban J connectivity index is 1.41. The van der Waals surface area contributed by atoms with Gasteiger partial charge in [-0.2, -0.15) is 0 Å². The smallest absolute Gasteiger partial charge is 0.226 e. The normalized spacial score (nSPS) is 23.9. The Morgan fingerprint density at radius 1 is 1.30 bits per heavy atom. The van der Waals surface area contributed by atoms with Crippen LogP contribution in [0.15, 0.2) is 24.3 Å². The molecular formula is C17H24ClN3O2. The lowest BCUT2D eigenvalue weighted by atomic mass is 9.94. The van der Waals surface area contributed by atoms with Crippen molar-refractivity contribution in [3.8, 4) is 0 Å². The van der Waals surface area contributed by atoms with Crippen molar-refractivity contribution in [3.63, 3.8) is 0 Å². The molecule has 126 valence electrons. The van der Waals surface area contributed by atoms with Gasteiger partial charge in [-0.15, -0.1) is 0 Å². The van der Waals surface area contributed by atoms with Gasteiger partial charge in [0.15, 0.2) is 0 Å². The number of rotatable bonds is 8. The van der Waals surface area contributed by atoms with Crippen LogP contribution in [0.3, 0.4) is 0 Å². The molecule has 1 aromatic rings. The zero-order valence-electron chi connectivity index (χ0n) is 13.2. The first-order valence-corrected chi connectivity index (χ1v) is 8.71. The van der Waals surface area contributed by atoms with Crippen LogP contribution in [-0.4, -0.2) is 32.2 Å². The predicted octanol–water partition coefficient (Wildman–Crippen LogP) is 2.04. The summed E-state index contributed by atoms with van der Waals surface area (Å²) in [7, 11) is 0. The Morgan fingerprint density at radius 2 is 2.09 bits per heavy atom. The first-order chi connectivity index (χ1) is 11.2. The maximum Gasteiger partial charge on any atom is 0.226 e. The number of benzene rings is 1. The Morgan fingerprint density at radius 3 is 2.83 bits per heavy atom. The second kappa shape index (κ2) is 8.11. The van der Waals surface area contributed by atoms with Crippen molar-refractivity contribution < 1.29 is 9.53 Å². The van der Waals surface area contributed by atoms with Crippen molar-refractivity contribution in [1.82, 2.24) is 16.2 Å². The van der Waals surface area contributed by atoms with E-state index in [1.54, 1.807) is 0 Å². The highest BCUT2D eigenvalue weighted by Gasteiger charge is 2.33. The summed E-state index contributed by atoms with van der Waals surface area (Å²) in [5, 5.41) is 3.72. The van der Waals surface area contributed by atoms with Crippen LogP contribution in [0.1, 0.15) is 30.9 Å². The molecule has 1 heterocycles. The SMILES string of the molecule is O=C(NCCCOCC1CC1)C1CNNC1c1ccc(Cl)cc1. The van der Waals surface area contributed by atoms with Gasteiger partial charge < -0.3 is 10.1 Å². The minimum absolute atomic E-state index is 0.0293. The van der Waals surface area contributed by atoms with Gasteiger partial charge in [0.05, 0.1) is 12.0 Å². The van der Waals surface area contributed by atoms with Crippen molar-refractivity contribution in [2.75, 3.05) is 26.3 Å². The molecule has 0 spiro atoms. The third-order valence-corrected chi connectivity index (χ3v) is 4.61. The molecule has 2 fully saturated rings. The Kier molecular flexibility index (Phi) is 5.89. The highest BCUT2D eigenvalue weighted by molar-refractivity contribution is 6.30. The van der Waals surface area contributed by atoms with E-state index in [1.165, 1.54) is 12.8 Å². The molecule has 1 aliphatic carbocycles. The largest absolute Gasteiger partial charge is 0.381 e. The minimum Gasteiger partial charge on any atom is -0.381 e. The molecule has 1 aliphatic heterocycles. The minimum atomic E-state index is -0.122. The Bertz CT molecular complexity index is 519. The number of carbonyl (C=O) groups excluding carboxylic acids is 1. The van der Waals surface area contributed by atoms with E-state index in [2.05, 4.69) is 16.2 Å². The lowest BCUT2D eigenvalue weighted by Crippen LogP contribution is -2.35. The van der Waals surface area contributed by atoms with Gasteiger partial charge >= 0.3 is 0 Å². The number of hydrogen-bond donors (Lipinski definition) is 3. The molecule has 3 N–H and O–H groups in total. The molecule has 23 heavy (non-hydrogen) atoms. The van der Waals surface area contributed by atoms with Crippen LogP contribution in [0.4, 0.5) is 0 Å². The maximum atomic E-state index is 12.4. The lowest BCUT2D eigenvalue weighted by Gasteiger charge is -2.18. The van der Waals surface area contributed by atoms with Gasteiger partial charge in [-0.1, -0.05) is 23.7 Å². The number of amides is 1. The van der Waals surface area contributed by atoms with Gasteiger partial charge in [0, 0.05) is 31.3 Å². The molecule has 1 saturated heterocycles. The van der Waals surface area contributed by atoms with E-state index in [1.807, 2.05) is 24.3 Å². The van der Waals surface area contributed by atoms with Gasteiger partial charge in [-0.05, 0) is 42.9 Å². The van der Waals surface area contributed by atoms with Crippen molar-refractivity contribution >= 4 is 17.5 Å². The van der Waals surface area contributed by atoms with Crippen LogP contribution < -0.4 is 16.2 Å². The molecular weight excluding hydrogens is 314 g/mol. The number of nitrogens with one attached hydrogen (secondary N) is 3. The molecule has 2 atom stereocenters. The summed E-state index contributed by atoms with van der Waals surface area (Å²) < 4.78 is 5.58. The van der Waals surface area contributed by atoms with Crippen LogP contribution >= 0.6 is 11.6 Å². The molecule has 1 aromatic carbocycles. The molecule has 0 radical (unpaired) electrons. The lowest BCUT2D eigenvalue weighted by molar-refractivity contribution is -0.125. The number of halogens is 1. The first-order valence-electron chi connectivity index (χ1n) is 8.33. The van der Waals surface area contributed by atoms with Gasteiger partial charge in [0.1, 0.15) is 0 Å². The quantitative estimate of drug-likeness (QED) is 0.635. The number of hydrazine groups is 1. The van der Waals surface area contributed by atoms with E-state index in [9.17, 15) is 4.79 Å². The van der Waals surface area contributed by atoms with Crippen LogP contribution in [0.5, 0.6) is 0 Å². The summed E-state index contributed by atoms with van der Waals surface area (Å²) >= 11 is 5.92. The van der Waals surface area contributed by atoms with E-state index in [0.717, 1.165) is 31.1 Å². The average Bonchev–Trinajstić information content (AvgIpc) is 3.25. The summed E-state index contributed by atoms with van der Waals surface area (Å²) in [4.78, 5) is 12.4. The highest BCUT2D eigenvalue weighted by atomic mass is 35.5. The van der Waals surface area contributed by atoms with E-state index >= 15 is 0 Å². The molecule has 2 aliphatic rings. The van der Waals surface area contributed by atoms with Crippen molar-refractivity contribution in [2.45, 2.75) is 25.3 Å². The standard InChI is InChI=1S/C17H24ClN3O2/c18-14-6-4-13(5-7-14)16-15(10-20-21-16)17(22)19-8-1-9-23-11-12-2-3-12/h4-7,12,15-16,20-21H,1-3,8-11H2,(H,19,22). The first kappa shape index (κ1) is 16.7. The van der Waals surface area contributed by atoms with Crippen LogP contribution in [0.2, 0.25) is 5.02 Å². The zero-order chi connectivity index (χ0) is 16.1. The third-order valence-electron chi connectivity index (χ3n) is 4.36. The topological polar surface area (TPSA) is 62.4 Å². The molecule has 5 nitrogen and oxygen atoms in total. The highest BCUT2D eigenvalue weighted by Crippen LogP contribution is 2.28. The molecule has 0 aromatic heterocycles. The number of ether oxygens (including phenoxy) is 1. The summed E-state index contributed by atoms with van der Waals surface area (Å²) in [6.45, 7) is 2.88.